The zero-order valence-electron chi connectivity index (χ0n) is 14.3. The average molecular weight is 365 g/mol. The van der Waals surface area contributed by atoms with Gasteiger partial charge >= 0.3 is 0 Å². The van der Waals surface area contributed by atoms with E-state index in [0.717, 1.165) is 16.5 Å². The van der Waals surface area contributed by atoms with Gasteiger partial charge in [0.2, 0.25) is 0 Å². The summed E-state index contributed by atoms with van der Waals surface area (Å²) in [4.78, 5) is 14.7. The Hall–Kier alpha value is -3.03. The summed E-state index contributed by atoms with van der Waals surface area (Å²) in [5.74, 6) is 0.0943. The highest BCUT2D eigenvalue weighted by Crippen LogP contribution is 2.29. The molecule has 0 unspecified atom stereocenters. The quantitative estimate of drug-likeness (QED) is 0.592. The minimum Gasteiger partial charge on any atom is -0.451 e. The molecule has 1 aromatic heterocycles. The maximum Gasteiger partial charge on any atom is 0.290 e. The Kier molecular flexibility index (Phi) is 5.11. The van der Waals surface area contributed by atoms with Gasteiger partial charge in [0.05, 0.1) is 11.6 Å². The summed E-state index contributed by atoms with van der Waals surface area (Å²) >= 11 is 6.05. The Balaban J connectivity index is 1.92. The Morgan fingerprint density at radius 1 is 1.31 bits per heavy atom. The van der Waals surface area contributed by atoms with Crippen LogP contribution < -0.4 is 0 Å². The fourth-order valence-corrected chi connectivity index (χ4v) is 2.99. The fourth-order valence-electron chi connectivity index (χ4n) is 2.82. The summed E-state index contributed by atoms with van der Waals surface area (Å²) in [6.07, 6.45) is 1.68. The molecule has 1 amide bonds. The van der Waals surface area contributed by atoms with Crippen molar-refractivity contribution >= 4 is 28.5 Å². The summed E-state index contributed by atoms with van der Waals surface area (Å²) in [5, 5.41) is 10.3. The summed E-state index contributed by atoms with van der Waals surface area (Å²) in [5.41, 5.74) is 2.91. The molecule has 1 heterocycles. The van der Waals surface area contributed by atoms with Gasteiger partial charge in [-0.05, 0) is 42.8 Å². The van der Waals surface area contributed by atoms with Gasteiger partial charge in [0.25, 0.3) is 5.91 Å². The number of nitriles is 1. The lowest BCUT2D eigenvalue weighted by Gasteiger charge is -2.20. The molecule has 0 N–H and O–H groups in total. The number of aryl methyl sites for hydroxylation is 1. The van der Waals surface area contributed by atoms with Gasteiger partial charge in [-0.15, -0.1) is 6.58 Å². The van der Waals surface area contributed by atoms with Gasteiger partial charge in [0.1, 0.15) is 5.58 Å². The minimum absolute atomic E-state index is 0.209. The number of furan rings is 1. The molecule has 2 aromatic carbocycles. The number of amides is 1. The zero-order chi connectivity index (χ0) is 18.7. The molecule has 130 valence electrons. The number of fused-ring (bicyclic) bond motifs is 1. The number of rotatable bonds is 5. The van der Waals surface area contributed by atoms with Crippen molar-refractivity contribution in [3.05, 3.63) is 82.6 Å². The molecule has 4 nitrogen and oxygen atoms in total. The fraction of sp³-hybridized carbons (Fsp3) is 0.143. The molecule has 3 rings (SSSR count). The monoisotopic (exact) mass is 364 g/mol. The van der Waals surface area contributed by atoms with E-state index in [0.29, 0.717) is 35.0 Å². The van der Waals surface area contributed by atoms with Gasteiger partial charge in [-0.25, -0.2) is 0 Å². The molecular formula is C21H17ClN2O2. The van der Waals surface area contributed by atoms with E-state index in [-0.39, 0.29) is 5.91 Å². The molecule has 0 spiro atoms. The lowest BCUT2D eigenvalue weighted by atomic mass is 10.1. The van der Waals surface area contributed by atoms with Crippen molar-refractivity contribution < 1.29 is 9.21 Å². The largest absolute Gasteiger partial charge is 0.451 e. The third-order valence-electron chi connectivity index (χ3n) is 4.19. The van der Waals surface area contributed by atoms with Gasteiger partial charge < -0.3 is 9.32 Å². The lowest BCUT2D eigenvalue weighted by Crippen LogP contribution is -2.30. The van der Waals surface area contributed by atoms with Crippen molar-refractivity contribution in [2.45, 2.75) is 13.5 Å². The van der Waals surface area contributed by atoms with Gasteiger partial charge in [-0.1, -0.05) is 29.8 Å². The Labute approximate surface area is 156 Å². The van der Waals surface area contributed by atoms with Crippen LogP contribution in [0.25, 0.3) is 11.0 Å². The first kappa shape index (κ1) is 17.8. The van der Waals surface area contributed by atoms with E-state index >= 15 is 0 Å². The second-order valence-electron chi connectivity index (χ2n) is 5.98. The van der Waals surface area contributed by atoms with Crippen LogP contribution in [0.1, 0.15) is 27.2 Å². The highest BCUT2D eigenvalue weighted by Gasteiger charge is 2.23. The van der Waals surface area contributed by atoms with Crippen LogP contribution in [0.4, 0.5) is 0 Å². The van der Waals surface area contributed by atoms with E-state index in [9.17, 15) is 4.79 Å². The second-order valence-corrected chi connectivity index (χ2v) is 6.42. The molecule has 0 aliphatic heterocycles. The van der Waals surface area contributed by atoms with E-state index < -0.39 is 0 Å². The van der Waals surface area contributed by atoms with Gasteiger partial charge in [0, 0.05) is 29.1 Å². The summed E-state index contributed by atoms with van der Waals surface area (Å²) < 4.78 is 5.79. The zero-order valence-corrected chi connectivity index (χ0v) is 15.1. The normalized spacial score (nSPS) is 10.5. The molecule has 0 atom stereocenters. The maximum atomic E-state index is 13.0. The molecule has 5 heteroatoms. The van der Waals surface area contributed by atoms with Crippen LogP contribution in [0.5, 0.6) is 0 Å². The highest BCUT2D eigenvalue weighted by molar-refractivity contribution is 6.31. The number of carbonyl (C=O) groups is 1. The predicted molar refractivity (Wildman–Crippen MR) is 102 cm³/mol. The third-order valence-corrected chi connectivity index (χ3v) is 4.42. The molecule has 0 aliphatic carbocycles. The second kappa shape index (κ2) is 7.47. The molecule has 0 aliphatic rings. The van der Waals surface area contributed by atoms with E-state index in [1.165, 1.54) is 0 Å². The number of benzene rings is 2. The van der Waals surface area contributed by atoms with Crippen LogP contribution in [-0.2, 0) is 6.54 Å². The van der Waals surface area contributed by atoms with E-state index in [1.807, 2.05) is 19.1 Å². The van der Waals surface area contributed by atoms with Crippen LogP contribution >= 0.6 is 11.6 Å². The Morgan fingerprint density at radius 2 is 2.04 bits per heavy atom. The third kappa shape index (κ3) is 3.49. The molecular weight excluding hydrogens is 348 g/mol. The topological polar surface area (TPSA) is 57.2 Å². The highest BCUT2D eigenvalue weighted by atomic mass is 35.5. The van der Waals surface area contributed by atoms with E-state index in [4.69, 9.17) is 21.3 Å². The van der Waals surface area contributed by atoms with Crippen molar-refractivity contribution in [3.8, 4) is 6.07 Å². The molecule has 0 saturated heterocycles. The van der Waals surface area contributed by atoms with Crippen LogP contribution in [-0.4, -0.2) is 17.4 Å². The maximum absolute atomic E-state index is 13.0. The summed E-state index contributed by atoms with van der Waals surface area (Å²) in [7, 11) is 0. The Bertz CT molecular complexity index is 1010. The number of nitrogens with zero attached hydrogens (tertiary/aromatic N) is 2. The number of halogens is 1. The van der Waals surface area contributed by atoms with Crippen LogP contribution in [0.15, 0.2) is 59.5 Å². The van der Waals surface area contributed by atoms with Crippen LogP contribution in [0.2, 0.25) is 5.02 Å². The van der Waals surface area contributed by atoms with E-state index in [1.54, 1.807) is 41.3 Å². The van der Waals surface area contributed by atoms with E-state index in [2.05, 4.69) is 12.6 Å². The smallest absolute Gasteiger partial charge is 0.290 e. The molecule has 0 radical (unpaired) electrons. The number of hydrogen-bond acceptors (Lipinski definition) is 3. The van der Waals surface area contributed by atoms with Crippen molar-refractivity contribution in [1.82, 2.24) is 4.90 Å². The minimum atomic E-state index is -0.209. The van der Waals surface area contributed by atoms with Gasteiger partial charge in [-0.3, -0.25) is 4.79 Å². The van der Waals surface area contributed by atoms with Crippen molar-refractivity contribution in [3.63, 3.8) is 0 Å². The average Bonchev–Trinajstić information content (AvgIpc) is 2.97. The Morgan fingerprint density at radius 3 is 2.69 bits per heavy atom. The van der Waals surface area contributed by atoms with Crippen molar-refractivity contribution in [2.75, 3.05) is 6.54 Å². The first-order valence-electron chi connectivity index (χ1n) is 8.11. The first-order valence-corrected chi connectivity index (χ1v) is 8.49. The summed E-state index contributed by atoms with van der Waals surface area (Å²) in [6.45, 7) is 6.37. The molecule has 0 bridgehead atoms. The van der Waals surface area contributed by atoms with Gasteiger partial charge in [-0.2, -0.15) is 5.26 Å². The number of carbonyl (C=O) groups excluding carboxylic acids is 1. The molecule has 0 fully saturated rings. The van der Waals surface area contributed by atoms with Gasteiger partial charge in [0.15, 0.2) is 5.76 Å². The van der Waals surface area contributed by atoms with Crippen LogP contribution in [0, 0.1) is 18.3 Å². The number of hydrogen-bond donors (Lipinski definition) is 0. The molecule has 26 heavy (non-hydrogen) atoms. The lowest BCUT2D eigenvalue weighted by molar-refractivity contribution is 0.0732. The predicted octanol–water partition coefficient (Wildman–Crippen LogP) is 5.09. The first-order chi connectivity index (χ1) is 12.5. The molecule has 0 saturated carbocycles. The standard InChI is InChI=1S/C21H17ClN2O2/c1-3-10-24(13-16-6-4-15(12-23)5-7-16)21(25)20-14(2)18-11-17(22)8-9-19(18)26-20/h3-9,11H,1,10,13H2,2H3. The molecule has 3 aromatic rings. The SMILES string of the molecule is C=CCN(Cc1ccc(C#N)cc1)C(=O)c1oc2ccc(Cl)cc2c1C. The van der Waals surface area contributed by atoms with Crippen molar-refractivity contribution in [2.24, 2.45) is 0 Å². The van der Waals surface area contributed by atoms with Crippen molar-refractivity contribution in [1.29, 1.82) is 5.26 Å². The summed E-state index contributed by atoms with van der Waals surface area (Å²) in [6, 6.07) is 14.5. The van der Waals surface area contributed by atoms with Crippen LogP contribution in [0.3, 0.4) is 0 Å².